The number of aromatic nitrogens is 1. The van der Waals surface area contributed by atoms with Crippen LogP contribution >= 0.6 is 0 Å². The fraction of sp³-hybridized carbons (Fsp3) is 0.500. The molecule has 0 spiro atoms. The molecule has 1 unspecified atom stereocenters. The molecule has 1 aromatic carbocycles. The fourth-order valence-electron chi connectivity index (χ4n) is 3.61. The van der Waals surface area contributed by atoms with Crippen LogP contribution in [0.4, 0.5) is 0 Å². The van der Waals surface area contributed by atoms with Crippen LogP contribution in [0.15, 0.2) is 42.7 Å². The molecule has 1 saturated heterocycles. The van der Waals surface area contributed by atoms with Gasteiger partial charge in [-0.25, -0.2) is 0 Å². The molecule has 1 aromatic heterocycles. The highest BCUT2D eigenvalue weighted by Crippen LogP contribution is 2.30. The first-order chi connectivity index (χ1) is 12.1. The maximum absolute atomic E-state index is 6.16. The van der Waals surface area contributed by atoms with E-state index in [-0.39, 0.29) is 0 Å². The number of piperidine rings is 1. The molecule has 134 valence electrons. The Hall–Kier alpha value is -1.87. The van der Waals surface area contributed by atoms with Crippen LogP contribution in [0.2, 0.25) is 0 Å². The van der Waals surface area contributed by atoms with Gasteiger partial charge in [-0.05, 0) is 61.1 Å². The van der Waals surface area contributed by atoms with Crippen molar-refractivity contribution < 1.29 is 4.74 Å². The average Bonchev–Trinajstić information content (AvgIpc) is 2.64. The molecule has 2 heterocycles. The third-order valence-electron chi connectivity index (χ3n) is 5.20. The van der Waals surface area contributed by atoms with Gasteiger partial charge in [0.15, 0.2) is 0 Å². The van der Waals surface area contributed by atoms with E-state index in [1.807, 2.05) is 18.5 Å². The summed E-state index contributed by atoms with van der Waals surface area (Å²) in [5.41, 5.74) is 3.89. The SMILES string of the molecule is Cc1ccc(C(C)C)cc1OCCN1CCCCC1c1cccnc1. The molecule has 3 heteroatoms. The van der Waals surface area contributed by atoms with Gasteiger partial charge in [0, 0.05) is 25.0 Å². The largest absolute Gasteiger partial charge is 0.492 e. The predicted octanol–water partition coefficient (Wildman–Crippen LogP) is 5.12. The van der Waals surface area contributed by atoms with Crippen LogP contribution in [0, 0.1) is 6.92 Å². The lowest BCUT2D eigenvalue weighted by atomic mass is 9.96. The molecule has 2 aromatic rings. The van der Waals surface area contributed by atoms with Crippen LogP contribution in [0.3, 0.4) is 0 Å². The minimum Gasteiger partial charge on any atom is -0.492 e. The first-order valence-corrected chi connectivity index (χ1v) is 9.52. The van der Waals surface area contributed by atoms with E-state index < -0.39 is 0 Å². The Bertz CT molecular complexity index is 669. The molecule has 1 atom stereocenters. The standard InChI is InChI=1S/C22H30N2O/c1-17(2)19-10-9-18(3)22(15-19)25-14-13-24-12-5-4-8-21(24)20-7-6-11-23-16-20/h6-7,9-11,15-17,21H,4-5,8,12-14H2,1-3H3. The number of ether oxygens (including phenoxy) is 1. The van der Waals surface area contributed by atoms with E-state index in [4.69, 9.17) is 4.74 Å². The van der Waals surface area contributed by atoms with Crippen molar-refractivity contribution in [2.75, 3.05) is 19.7 Å². The van der Waals surface area contributed by atoms with Gasteiger partial charge in [0.2, 0.25) is 0 Å². The van der Waals surface area contributed by atoms with Gasteiger partial charge >= 0.3 is 0 Å². The summed E-state index contributed by atoms with van der Waals surface area (Å²) in [6.45, 7) is 9.41. The van der Waals surface area contributed by atoms with Crippen molar-refractivity contribution in [2.45, 2.75) is 52.0 Å². The lowest BCUT2D eigenvalue weighted by molar-refractivity contribution is 0.123. The van der Waals surface area contributed by atoms with Crippen LogP contribution in [0.1, 0.15) is 61.8 Å². The first-order valence-electron chi connectivity index (χ1n) is 9.52. The quantitative estimate of drug-likeness (QED) is 0.731. The van der Waals surface area contributed by atoms with Gasteiger partial charge in [-0.15, -0.1) is 0 Å². The minimum atomic E-state index is 0.481. The molecule has 0 radical (unpaired) electrons. The third-order valence-corrected chi connectivity index (χ3v) is 5.20. The van der Waals surface area contributed by atoms with Gasteiger partial charge < -0.3 is 4.74 Å². The summed E-state index contributed by atoms with van der Waals surface area (Å²) in [5.74, 6) is 1.56. The fourth-order valence-corrected chi connectivity index (χ4v) is 3.61. The normalized spacial score (nSPS) is 18.5. The molecular weight excluding hydrogens is 308 g/mol. The van der Waals surface area contributed by atoms with Crippen LogP contribution in [-0.2, 0) is 0 Å². The van der Waals surface area contributed by atoms with Crippen LogP contribution in [-0.4, -0.2) is 29.6 Å². The molecular formula is C22H30N2O. The second-order valence-electron chi connectivity index (χ2n) is 7.36. The summed E-state index contributed by atoms with van der Waals surface area (Å²) < 4.78 is 6.16. The lowest BCUT2D eigenvalue weighted by Crippen LogP contribution is -2.36. The van der Waals surface area contributed by atoms with E-state index in [2.05, 4.69) is 54.9 Å². The van der Waals surface area contributed by atoms with Crippen molar-refractivity contribution >= 4 is 0 Å². The molecule has 0 N–H and O–H groups in total. The van der Waals surface area contributed by atoms with E-state index >= 15 is 0 Å². The maximum Gasteiger partial charge on any atom is 0.122 e. The number of benzene rings is 1. The third kappa shape index (κ3) is 4.60. The Balaban J connectivity index is 1.61. The number of aryl methyl sites for hydroxylation is 1. The Morgan fingerprint density at radius 3 is 2.88 bits per heavy atom. The molecule has 0 saturated carbocycles. The summed E-state index contributed by atoms with van der Waals surface area (Å²) in [7, 11) is 0. The zero-order valence-electron chi connectivity index (χ0n) is 15.7. The Labute approximate surface area is 152 Å². The average molecular weight is 338 g/mol. The highest BCUT2D eigenvalue weighted by Gasteiger charge is 2.23. The molecule has 1 aliphatic rings. The van der Waals surface area contributed by atoms with Crippen LogP contribution in [0.5, 0.6) is 5.75 Å². The number of pyridine rings is 1. The number of nitrogens with zero attached hydrogens (tertiary/aromatic N) is 2. The second-order valence-corrected chi connectivity index (χ2v) is 7.36. The summed E-state index contributed by atoms with van der Waals surface area (Å²) in [6, 6.07) is 11.3. The number of hydrogen-bond donors (Lipinski definition) is 0. The van der Waals surface area contributed by atoms with Gasteiger partial charge in [-0.3, -0.25) is 9.88 Å². The predicted molar refractivity (Wildman–Crippen MR) is 103 cm³/mol. The molecule has 3 nitrogen and oxygen atoms in total. The van der Waals surface area contributed by atoms with Crippen molar-refractivity contribution in [1.82, 2.24) is 9.88 Å². The summed E-state index contributed by atoms with van der Waals surface area (Å²) >= 11 is 0. The molecule has 1 fully saturated rings. The van der Waals surface area contributed by atoms with Crippen molar-refractivity contribution in [3.05, 3.63) is 59.4 Å². The Morgan fingerprint density at radius 1 is 1.24 bits per heavy atom. The zero-order valence-corrected chi connectivity index (χ0v) is 15.7. The van der Waals surface area contributed by atoms with Gasteiger partial charge in [0.1, 0.15) is 12.4 Å². The minimum absolute atomic E-state index is 0.481. The smallest absolute Gasteiger partial charge is 0.122 e. The van der Waals surface area contributed by atoms with E-state index in [0.717, 1.165) is 25.4 Å². The van der Waals surface area contributed by atoms with Gasteiger partial charge in [0.25, 0.3) is 0 Å². The summed E-state index contributed by atoms with van der Waals surface area (Å²) in [5, 5.41) is 0. The molecule has 25 heavy (non-hydrogen) atoms. The Kier molecular flexibility index (Phi) is 6.09. The summed E-state index contributed by atoms with van der Waals surface area (Å²) in [4.78, 5) is 6.86. The maximum atomic E-state index is 6.16. The highest BCUT2D eigenvalue weighted by atomic mass is 16.5. The van der Waals surface area contributed by atoms with Gasteiger partial charge in [0.05, 0.1) is 0 Å². The van der Waals surface area contributed by atoms with E-state index in [1.54, 1.807) is 0 Å². The van der Waals surface area contributed by atoms with Crippen LogP contribution in [0.25, 0.3) is 0 Å². The van der Waals surface area contributed by atoms with E-state index in [0.29, 0.717) is 12.0 Å². The van der Waals surface area contributed by atoms with E-state index in [1.165, 1.54) is 36.0 Å². The monoisotopic (exact) mass is 338 g/mol. The Morgan fingerprint density at radius 2 is 2.12 bits per heavy atom. The van der Waals surface area contributed by atoms with E-state index in [9.17, 15) is 0 Å². The number of rotatable bonds is 6. The van der Waals surface area contributed by atoms with Gasteiger partial charge in [-0.2, -0.15) is 0 Å². The summed E-state index contributed by atoms with van der Waals surface area (Å²) in [6.07, 6.45) is 7.66. The number of hydrogen-bond acceptors (Lipinski definition) is 3. The topological polar surface area (TPSA) is 25.4 Å². The zero-order chi connectivity index (χ0) is 17.6. The van der Waals surface area contributed by atoms with Crippen LogP contribution < -0.4 is 4.74 Å². The molecule has 1 aliphatic heterocycles. The second kappa shape index (κ2) is 8.48. The molecule has 3 rings (SSSR count). The molecule has 0 bridgehead atoms. The molecule has 0 amide bonds. The van der Waals surface area contributed by atoms with Crippen molar-refractivity contribution in [1.29, 1.82) is 0 Å². The van der Waals surface area contributed by atoms with Gasteiger partial charge in [-0.1, -0.05) is 38.5 Å². The van der Waals surface area contributed by atoms with Crippen molar-refractivity contribution in [3.8, 4) is 5.75 Å². The van der Waals surface area contributed by atoms with Crippen molar-refractivity contribution in [3.63, 3.8) is 0 Å². The highest BCUT2D eigenvalue weighted by molar-refractivity contribution is 5.37. The lowest BCUT2D eigenvalue weighted by Gasteiger charge is -2.35. The van der Waals surface area contributed by atoms with Crippen molar-refractivity contribution in [2.24, 2.45) is 0 Å². The molecule has 0 aliphatic carbocycles. The first kappa shape index (κ1) is 17.9. The number of likely N-dealkylation sites (tertiary alicyclic amines) is 1.